The molecule has 8 heteroatoms. The molecular weight excluding hydrogens is 384 g/mol. The summed E-state index contributed by atoms with van der Waals surface area (Å²) in [5, 5.41) is 4.09. The van der Waals surface area contributed by atoms with Crippen molar-refractivity contribution in [3.63, 3.8) is 0 Å². The van der Waals surface area contributed by atoms with Crippen molar-refractivity contribution in [2.24, 2.45) is 5.92 Å². The van der Waals surface area contributed by atoms with Gasteiger partial charge < -0.3 is 18.9 Å². The summed E-state index contributed by atoms with van der Waals surface area (Å²) in [5.74, 6) is 1.85. The Morgan fingerprint density at radius 3 is 2.53 bits per heavy atom. The second kappa shape index (κ2) is 11.2. The van der Waals surface area contributed by atoms with Crippen LogP contribution in [0.25, 0.3) is 11.4 Å². The van der Waals surface area contributed by atoms with E-state index < -0.39 is 0 Å². The van der Waals surface area contributed by atoms with Gasteiger partial charge in [0.25, 0.3) is 0 Å². The fourth-order valence-electron chi connectivity index (χ4n) is 3.37. The molecule has 30 heavy (non-hydrogen) atoms. The first-order valence-electron chi connectivity index (χ1n) is 10.5. The average molecular weight is 417 g/mol. The normalized spacial score (nSPS) is 15.1. The first kappa shape index (κ1) is 22.4. The molecule has 1 aliphatic heterocycles. The van der Waals surface area contributed by atoms with E-state index in [0.717, 1.165) is 44.7 Å². The summed E-state index contributed by atoms with van der Waals surface area (Å²) < 4.78 is 15.6. The van der Waals surface area contributed by atoms with E-state index in [9.17, 15) is 4.79 Å². The molecule has 0 atom stereocenters. The summed E-state index contributed by atoms with van der Waals surface area (Å²) >= 11 is 0. The van der Waals surface area contributed by atoms with E-state index in [1.807, 2.05) is 17.0 Å². The Hall–Kier alpha value is -2.29. The monoisotopic (exact) mass is 416 g/mol. The van der Waals surface area contributed by atoms with Gasteiger partial charge in [0.05, 0.1) is 13.2 Å². The van der Waals surface area contributed by atoms with Gasteiger partial charge in [-0.05, 0) is 11.5 Å². The molecule has 3 rings (SSSR count). The molecule has 0 unspecified atom stereocenters. The molecule has 1 fully saturated rings. The summed E-state index contributed by atoms with van der Waals surface area (Å²) in [6, 6.07) is 8.29. The summed E-state index contributed by atoms with van der Waals surface area (Å²) in [6.07, 6.45) is 0.791. The van der Waals surface area contributed by atoms with Crippen molar-refractivity contribution in [2.45, 2.75) is 26.8 Å². The van der Waals surface area contributed by atoms with Gasteiger partial charge in [0, 0.05) is 51.8 Å². The van der Waals surface area contributed by atoms with Crippen LogP contribution in [0.4, 0.5) is 0 Å². The fraction of sp³-hybridized carbons (Fsp3) is 0.591. The number of carbonyl (C=O) groups is 1. The Labute approximate surface area is 178 Å². The van der Waals surface area contributed by atoms with Gasteiger partial charge in [0.15, 0.2) is 0 Å². The zero-order valence-electron chi connectivity index (χ0n) is 18.2. The zero-order chi connectivity index (χ0) is 21.3. The molecule has 1 aliphatic rings. The molecule has 0 bridgehead atoms. The maximum atomic E-state index is 12.2. The van der Waals surface area contributed by atoms with Gasteiger partial charge >= 0.3 is 0 Å². The first-order valence-corrected chi connectivity index (χ1v) is 10.5. The lowest BCUT2D eigenvalue weighted by Gasteiger charge is -2.34. The maximum Gasteiger partial charge on any atom is 0.248 e. The number of amides is 1. The van der Waals surface area contributed by atoms with E-state index in [0.29, 0.717) is 30.8 Å². The second-order valence-electron chi connectivity index (χ2n) is 8.01. The lowest BCUT2D eigenvalue weighted by molar-refractivity contribution is -0.138. The molecule has 1 amide bonds. The van der Waals surface area contributed by atoms with E-state index in [1.165, 1.54) is 5.56 Å². The van der Waals surface area contributed by atoms with Crippen molar-refractivity contribution in [2.75, 3.05) is 53.1 Å². The highest BCUT2D eigenvalue weighted by molar-refractivity contribution is 5.77. The van der Waals surface area contributed by atoms with Crippen LogP contribution in [0.3, 0.4) is 0 Å². The summed E-state index contributed by atoms with van der Waals surface area (Å²) in [4.78, 5) is 20.9. The van der Waals surface area contributed by atoms with E-state index in [-0.39, 0.29) is 12.5 Å². The molecule has 0 radical (unpaired) electrons. The van der Waals surface area contributed by atoms with Gasteiger partial charge in [-0.15, -0.1) is 0 Å². The maximum absolute atomic E-state index is 12.2. The SMILES string of the molecule is COCCOCC(=O)N1CCN(Cc2ccc(-c3noc(CC(C)C)n3)cc2)CC1. The smallest absolute Gasteiger partial charge is 0.248 e. The fourth-order valence-corrected chi connectivity index (χ4v) is 3.37. The van der Waals surface area contributed by atoms with Gasteiger partial charge in [-0.25, -0.2) is 0 Å². The van der Waals surface area contributed by atoms with Crippen molar-refractivity contribution in [1.82, 2.24) is 19.9 Å². The molecule has 2 aromatic rings. The first-order chi connectivity index (χ1) is 14.5. The van der Waals surface area contributed by atoms with Gasteiger partial charge in [-0.3, -0.25) is 9.69 Å². The van der Waals surface area contributed by atoms with Crippen molar-refractivity contribution in [3.8, 4) is 11.4 Å². The van der Waals surface area contributed by atoms with Gasteiger partial charge in [-0.2, -0.15) is 4.98 Å². The second-order valence-corrected chi connectivity index (χ2v) is 8.01. The van der Waals surface area contributed by atoms with Crippen LogP contribution in [0, 0.1) is 5.92 Å². The zero-order valence-corrected chi connectivity index (χ0v) is 18.2. The number of nitrogens with zero attached hydrogens (tertiary/aromatic N) is 4. The molecule has 0 N–H and O–H groups in total. The number of aromatic nitrogens is 2. The summed E-state index contributed by atoms with van der Waals surface area (Å²) in [6.45, 7) is 9.36. The third kappa shape index (κ3) is 6.62. The van der Waals surface area contributed by atoms with Crippen LogP contribution in [-0.2, 0) is 27.2 Å². The standard InChI is InChI=1S/C22H32N4O4/c1-17(2)14-20-23-22(24-30-20)19-6-4-18(5-7-19)15-25-8-10-26(11-9-25)21(27)16-29-13-12-28-3/h4-7,17H,8-16H2,1-3H3. The Morgan fingerprint density at radius 1 is 1.13 bits per heavy atom. The van der Waals surface area contributed by atoms with E-state index >= 15 is 0 Å². The van der Waals surface area contributed by atoms with E-state index in [1.54, 1.807) is 7.11 Å². The van der Waals surface area contributed by atoms with E-state index in [2.05, 4.69) is 41.0 Å². The van der Waals surface area contributed by atoms with Crippen LogP contribution in [0.5, 0.6) is 0 Å². The van der Waals surface area contributed by atoms with Crippen LogP contribution in [0.2, 0.25) is 0 Å². The quantitative estimate of drug-likeness (QED) is 0.550. The summed E-state index contributed by atoms with van der Waals surface area (Å²) in [7, 11) is 1.62. The van der Waals surface area contributed by atoms with Crippen molar-refractivity contribution < 1.29 is 18.8 Å². The van der Waals surface area contributed by atoms with Gasteiger partial charge in [0.1, 0.15) is 6.61 Å². The average Bonchev–Trinajstić information content (AvgIpc) is 3.20. The minimum atomic E-state index is 0.0482. The number of rotatable bonds is 10. The number of benzene rings is 1. The Bertz CT molecular complexity index is 783. The van der Waals surface area contributed by atoms with Gasteiger partial charge in [0.2, 0.25) is 17.6 Å². The Balaban J connectivity index is 1.44. The number of ether oxygens (including phenoxy) is 2. The number of carbonyl (C=O) groups excluding carboxylic acids is 1. The third-order valence-corrected chi connectivity index (χ3v) is 5.05. The predicted octanol–water partition coefficient (Wildman–Crippen LogP) is 2.24. The highest BCUT2D eigenvalue weighted by atomic mass is 16.5. The van der Waals surface area contributed by atoms with Crippen LogP contribution in [0.1, 0.15) is 25.3 Å². The van der Waals surface area contributed by atoms with Crippen LogP contribution in [0.15, 0.2) is 28.8 Å². The number of hydrogen-bond donors (Lipinski definition) is 0. The highest BCUT2D eigenvalue weighted by Gasteiger charge is 2.21. The van der Waals surface area contributed by atoms with E-state index in [4.69, 9.17) is 14.0 Å². The number of piperazine rings is 1. The van der Waals surface area contributed by atoms with Crippen molar-refractivity contribution in [3.05, 3.63) is 35.7 Å². The number of hydrogen-bond acceptors (Lipinski definition) is 7. The van der Waals surface area contributed by atoms with Gasteiger partial charge in [-0.1, -0.05) is 43.3 Å². The lowest BCUT2D eigenvalue weighted by atomic mass is 10.1. The predicted molar refractivity (Wildman–Crippen MR) is 113 cm³/mol. The lowest BCUT2D eigenvalue weighted by Crippen LogP contribution is -2.49. The molecular formula is C22H32N4O4. The topological polar surface area (TPSA) is 80.9 Å². The summed E-state index contributed by atoms with van der Waals surface area (Å²) in [5.41, 5.74) is 2.19. The molecule has 2 heterocycles. The third-order valence-electron chi connectivity index (χ3n) is 5.05. The number of methoxy groups -OCH3 is 1. The molecule has 1 aromatic heterocycles. The van der Waals surface area contributed by atoms with Crippen molar-refractivity contribution >= 4 is 5.91 Å². The molecule has 0 spiro atoms. The molecule has 1 saturated heterocycles. The Kier molecular flexibility index (Phi) is 8.36. The largest absolute Gasteiger partial charge is 0.382 e. The van der Waals surface area contributed by atoms with Crippen LogP contribution in [-0.4, -0.2) is 79.0 Å². The molecule has 8 nitrogen and oxygen atoms in total. The van der Waals surface area contributed by atoms with Crippen LogP contribution >= 0.6 is 0 Å². The molecule has 0 aliphatic carbocycles. The molecule has 1 aromatic carbocycles. The van der Waals surface area contributed by atoms with Crippen molar-refractivity contribution in [1.29, 1.82) is 0 Å². The highest BCUT2D eigenvalue weighted by Crippen LogP contribution is 2.19. The minimum Gasteiger partial charge on any atom is -0.382 e. The Morgan fingerprint density at radius 2 is 1.87 bits per heavy atom. The molecule has 0 saturated carbocycles. The minimum absolute atomic E-state index is 0.0482. The molecule has 164 valence electrons. The van der Waals surface area contributed by atoms with Crippen LogP contribution < -0.4 is 0 Å².